The first-order chi connectivity index (χ1) is 9.93. The predicted molar refractivity (Wildman–Crippen MR) is 78.6 cm³/mol. The molecule has 21 heavy (non-hydrogen) atoms. The van der Waals surface area contributed by atoms with Crippen LogP contribution in [0.15, 0.2) is 0 Å². The summed E-state index contributed by atoms with van der Waals surface area (Å²) in [6.45, 7) is 6.83. The van der Waals surface area contributed by atoms with Gasteiger partial charge in [0.2, 0.25) is 0 Å². The van der Waals surface area contributed by atoms with Gasteiger partial charge < -0.3 is 14.6 Å². The Morgan fingerprint density at radius 1 is 1.14 bits per heavy atom. The van der Waals surface area contributed by atoms with E-state index in [0.717, 1.165) is 11.4 Å². The molecule has 0 aromatic carbocycles. The molecule has 3 N–H and O–H groups in total. The van der Waals surface area contributed by atoms with Crippen molar-refractivity contribution in [1.29, 1.82) is 0 Å². The second-order valence-electron chi connectivity index (χ2n) is 4.82. The number of unbranched alkanes of at least 4 members (excludes halogenated alkanes) is 2. The number of nitrogens with zero attached hydrogens (tertiary/aromatic N) is 1. The minimum absolute atomic E-state index is 0.102. The van der Waals surface area contributed by atoms with Gasteiger partial charge in [-0.25, -0.2) is 15.6 Å². The molecule has 0 aromatic rings. The van der Waals surface area contributed by atoms with Gasteiger partial charge in [-0.2, -0.15) is 0 Å². The lowest BCUT2D eigenvalue weighted by Gasteiger charge is -2.22. The Morgan fingerprint density at radius 3 is 2.19 bits per heavy atom. The summed E-state index contributed by atoms with van der Waals surface area (Å²) >= 11 is 0. The first-order valence-corrected chi connectivity index (χ1v) is 7.45. The first kappa shape index (κ1) is 19.8. The van der Waals surface area contributed by atoms with Crippen LogP contribution in [0, 0.1) is 5.92 Å². The third kappa shape index (κ3) is 8.64. The summed E-state index contributed by atoms with van der Waals surface area (Å²) in [5.74, 6) is 5.05. The van der Waals surface area contributed by atoms with Gasteiger partial charge in [-0.05, 0) is 26.7 Å². The lowest BCUT2D eigenvalue weighted by Crippen LogP contribution is -2.36. The molecular weight excluding hydrogens is 276 g/mol. The van der Waals surface area contributed by atoms with E-state index in [0.29, 0.717) is 32.5 Å². The number of hydrogen-bond acceptors (Lipinski definition) is 5. The van der Waals surface area contributed by atoms with Crippen molar-refractivity contribution >= 4 is 11.9 Å². The second kappa shape index (κ2) is 11.5. The Labute approximate surface area is 126 Å². The fraction of sp³-hybridized carbons (Fsp3) is 0.857. The van der Waals surface area contributed by atoms with Crippen LogP contribution in [0.1, 0.15) is 46.5 Å². The van der Waals surface area contributed by atoms with Gasteiger partial charge in [-0.3, -0.25) is 4.79 Å². The van der Waals surface area contributed by atoms with Crippen molar-refractivity contribution in [1.82, 2.24) is 5.01 Å². The van der Waals surface area contributed by atoms with E-state index >= 15 is 0 Å². The molecule has 0 aliphatic rings. The molecule has 124 valence electrons. The Bertz CT molecular complexity index is 306. The van der Waals surface area contributed by atoms with Gasteiger partial charge >= 0.3 is 6.09 Å². The summed E-state index contributed by atoms with van der Waals surface area (Å²) in [6, 6.07) is 0. The van der Waals surface area contributed by atoms with Crippen LogP contribution in [0.25, 0.3) is 0 Å². The minimum atomic E-state index is -1.14. The van der Waals surface area contributed by atoms with Gasteiger partial charge in [0.25, 0.3) is 0 Å². The number of ether oxygens (including phenoxy) is 2. The van der Waals surface area contributed by atoms with Crippen LogP contribution < -0.4 is 5.84 Å². The zero-order valence-electron chi connectivity index (χ0n) is 13.2. The molecule has 0 bridgehead atoms. The van der Waals surface area contributed by atoms with Gasteiger partial charge in [-0.1, -0.05) is 13.3 Å². The summed E-state index contributed by atoms with van der Waals surface area (Å²) in [5.41, 5.74) is 0. The van der Waals surface area contributed by atoms with E-state index < -0.39 is 12.4 Å². The molecule has 0 aromatic heterocycles. The number of carboxylic acid groups (broad SMARTS) is 1. The van der Waals surface area contributed by atoms with Gasteiger partial charge in [-0.15, -0.1) is 0 Å². The lowest BCUT2D eigenvalue weighted by molar-refractivity contribution is -0.171. The van der Waals surface area contributed by atoms with Crippen molar-refractivity contribution in [3.05, 3.63) is 0 Å². The number of Topliss-reactive ketones (excluding diaryl/α,β-unsaturated/α-hetero) is 1. The molecule has 7 heteroatoms. The SMILES string of the molecule is CCOC(OCC)C(C)C(=O)CCCCCN(N)C(=O)O. The third-order valence-electron chi connectivity index (χ3n) is 3.15. The summed E-state index contributed by atoms with van der Waals surface area (Å²) in [5, 5.41) is 9.34. The largest absolute Gasteiger partial charge is 0.464 e. The molecule has 0 fully saturated rings. The molecular formula is C14H28N2O5. The van der Waals surface area contributed by atoms with Crippen LogP contribution in [0.5, 0.6) is 0 Å². The molecule has 7 nitrogen and oxygen atoms in total. The monoisotopic (exact) mass is 304 g/mol. The molecule has 0 spiro atoms. The van der Waals surface area contributed by atoms with Crippen LogP contribution in [-0.4, -0.2) is 48.0 Å². The van der Waals surface area contributed by atoms with E-state index in [2.05, 4.69) is 0 Å². The molecule has 1 unspecified atom stereocenters. The van der Waals surface area contributed by atoms with Gasteiger partial charge in [0.05, 0.1) is 5.92 Å². The van der Waals surface area contributed by atoms with E-state index in [1.807, 2.05) is 20.8 Å². The smallest absolute Gasteiger partial charge is 0.421 e. The highest BCUT2D eigenvalue weighted by molar-refractivity contribution is 5.81. The van der Waals surface area contributed by atoms with Gasteiger partial charge in [0, 0.05) is 26.2 Å². The molecule has 0 aliphatic heterocycles. The predicted octanol–water partition coefficient (Wildman–Crippen LogP) is 2.00. The molecule has 0 radical (unpaired) electrons. The van der Waals surface area contributed by atoms with Crippen molar-refractivity contribution in [2.45, 2.75) is 52.7 Å². The van der Waals surface area contributed by atoms with Crippen molar-refractivity contribution in [2.24, 2.45) is 11.8 Å². The van der Waals surface area contributed by atoms with Crippen molar-refractivity contribution < 1.29 is 24.2 Å². The molecule has 0 rings (SSSR count). The Balaban J connectivity index is 3.93. The number of rotatable bonds is 12. The summed E-state index contributed by atoms with van der Waals surface area (Å²) < 4.78 is 10.8. The highest BCUT2D eigenvalue weighted by atomic mass is 16.7. The Hall–Kier alpha value is -1.18. The first-order valence-electron chi connectivity index (χ1n) is 7.45. The van der Waals surface area contributed by atoms with Crippen LogP contribution in [-0.2, 0) is 14.3 Å². The minimum Gasteiger partial charge on any atom is -0.464 e. The van der Waals surface area contributed by atoms with Crippen LogP contribution in [0.2, 0.25) is 0 Å². The van der Waals surface area contributed by atoms with E-state index in [1.165, 1.54) is 0 Å². The number of nitrogens with two attached hydrogens (primary N) is 1. The highest BCUT2D eigenvalue weighted by Gasteiger charge is 2.24. The highest BCUT2D eigenvalue weighted by Crippen LogP contribution is 2.14. The zero-order chi connectivity index (χ0) is 16.3. The fourth-order valence-corrected chi connectivity index (χ4v) is 1.90. The number of hydrazine groups is 1. The average Bonchev–Trinajstić information content (AvgIpc) is 2.45. The maximum atomic E-state index is 12.1. The Kier molecular flexibility index (Phi) is 10.8. The lowest BCUT2D eigenvalue weighted by atomic mass is 10.00. The van der Waals surface area contributed by atoms with E-state index in [4.69, 9.17) is 20.4 Å². The van der Waals surface area contributed by atoms with Crippen LogP contribution >= 0.6 is 0 Å². The normalized spacial score (nSPS) is 12.4. The standard InChI is InChI=1S/C14H28N2O5/c1-4-20-13(21-5-2)11(3)12(17)9-7-6-8-10-16(15)14(18)19/h11,13H,4-10,15H2,1-3H3,(H,18,19). The van der Waals surface area contributed by atoms with Crippen LogP contribution in [0.3, 0.4) is 0 Å². The summed E-state index contributed by atoms with van der Waals surface area (Å²) in [6.07, 6.45) is 0.921. The topological polar surface area (TPSA) is 102 Å². The fourth-order valence-electron chi connectivity index (χ4n) is 1.90. The summed E-state index contributed by atoms with van der Waals surface area (Å²) in [7, 11) is 0. The molecule has 0 saturated carbocycles. The molecule has 0 saturated heterocycles. The number of hydrogen-bond donors (Lipinski definition) is 2. The van der Waals surface area contributed by atoms with Gasteiger partial charge in [0.15, 0.2) is 6.29 Å². The quantitative estimate of drug-likeness (QED) is 0.188. The van der Waals surface area contributed by atoms with E-state index in [-0.39, 0.29) is 18.2 Å². The maximum Gasteiger partial charge on any atom is 0.421 e. The van der Waals surface area contributed by atoms with E-state index in [1.54, 1.807) is 0 Å². The molecule has 1 atom stereocenters. The van der Waals surface area contributed by atoms with Gasteiger partial charge in [0.1, 0.15) is 5.78 Å². The summed E-state index contributed by atoms with van der Waals surface area (Å²) in [4.78, 5) is 22.5. The van der Waals surface area contributed by atoms with Crippen molar-refractivity contribution in [2.75, 3.05) is 19.8 Å². The Morgan fingerprint density at radius 2 is 1.71 bits per heavy atom. The van der Waals surface area contributed by atoms with Crippen LogP contribution in [0.4, 0.5) is 4.79 Å². The maximum absolute atomic E-state index is 12.1. The number of carbonyl (C=O) groups is 2. The molecule has 0 heterocycles. The molecule has 1 amide bonds. The number of amides is 1. The number of ketones is 1. The van der Waals surface area contributed by atoms with Crippen molar-refractivity contribution in [3.63, 3.8) is 0 Å². The third-order valence-corrected chi connectivity index (χ3v) is 3.15. The van der Waals surface area contributed by atoms with Crippen molar-refractivity contribution in [3.8, 4) is 0 Å². The molecule has 0 aliphatic carbocycles. The second-order valence-corrected chi connectivity index (χ2v) is 4.82. The average molecular weight is 304 g/mol. The number of carbonyl (C=O) groups excluding carboxylic acids is 1. The zero-order valence-corrected chi connectivity index (χ0v) is 13.2. The van der Waals surface area contributed by atoms with E-state index in [9.17, 15) is 9.59 Å².